The molecule has 0 unspecified atom stereocenters. The fraction of sp³-hybridized carbons (Fsp3) is 0.857. The first kappa shape index (κ1) is 14.0. The Labute approximate surface area is 85.6 Å². The SMILES string of the molecule is C[SiH](C)C(=O)NC(C)(C)C.[Ti+2]. The molecule has 0 aromatic heterocycles. The second-order valence-corrected chi connectivity index (χ2v) is 6.73. The van der Waals surface area contributed by atoms with Crippen LogP contribution in [0.25, 0.3) is 0 Å². The normalized spacial score (nSPS) is 10.7. The molecule has 0 aromatic carbocycles. The molecule has 0 heterocycles. The van der Waals surface area contributed by atoms with E-state index in [1.54, 1.807) is 0 Å². The van der Waals surface area contributed by atoms with Crippen LogP contribution >= 0.6 is 0 Å². The molecule has 0 rings (SSSR count). The predicted molar refractivity (Wildman–Crippen MR) is 47.2 cm³/mol. The molecule has 0 aliphatic carbocycles. The Bertz CT molecular complexity index is 131. The van der Waals surface area contributed by atoms with Gasteiger partial charge in [0.05, 0.1) is 0 Å². The van der Waals surface area contributed by atoms with Gasteiger partial charge in [-0.1, -0.05) is 13.1 Å². The number of carbonyl (C=O) groups is 1. The summed E-state index contributed by atoms with van der Waals surface area (Å²) in [7, 11) is -1.11. The van der Waals surface area contributed by atoms with Crippen LogP contribution in [-0.2, 0) is 21.7 Å². The molecule has 0 radical (unpaired) electrons. The quantitative estimate of drug-likeness (QED) is 0.649. The van der Waals surface area contributed by atoms with Crippen molar-refractivity contribution in [2.75, 3.05) is 0 Å². The molecule has 0 saturated carbocycles. The maximum absolute atomic E-state index is 11.1. The first-order valence-electron chi connectivity index (χ1n) is 3.65. The van der Waals surface area contributed by atoms with Gasteiger partial charge >= 0.3 is 21.7 Å². The average Bonchev–Trinajstić information content (AvgIpc) is 1.60. The topological polar surface area (TPSA) is 29.1 Å². The summed E-state index contributed by atoms with van der Waals surface area (Å²) < 4.78 is 0. The van der Waals surface area contributed by atoms with E-state index in [1.807, 2.05) is 33.9 Å². The van der Waals surface area contributed by atoms with E-state index >= 15 is 0 Å². The van der Waals surface area contributed by atoms with Gasteiger partial charge in [0.25, 0.3) is 0 Å². The maximum atomic E-state index is 11.1. The number of carbonyl (C=O) groups excluding carboxylic acids is 1. The van der Waals surface area contributed by atoms with Gasteiger partial charge in [0.15, 0.2) is 5.53 Å². The van der Waals surface area contributed by atoms with E-state index in [1.165, 1.54) is 0 Å². The molecule has 0 spiro atoms. The first-order valence-corrected chi connectivity index (χ1v) is 6.53. The Kier molecular flexibility index (Phi) is 6.49. The fourth-order valence-corrected chi connectivity index (χ4v) is 1.24. The van der Waals surface area contributed by atoms with Crippen molar-refractivity contribution in [3.63, 3.8) is 0 Å². The standard InChI is InChI=1S/C7H17NOSi.Ti/c1-7(2,3)8-6(9)10(4)5;/h10H,1-5H3,(H,8,9);/q;+2. The Morgan fingerprint density at radius 1 is 1.27 bits per heavy atom. The fourth-order valence-electron chi connectivity index (χ4n) is 0.514. The van der Waals surface area contributed by atoms with E-state index in [4.69, 9.17) is 0 Å². The van der Waals surface area contributed by atoms with Crippen LogP contribution in [0.1, 0.15) is 20.8 Å². The summed E-state index contributed by atoms with van der Waals surface area (Å²) in [5.41, 5.74) is 0.196. The molecule has 0 aliphatic heterocycles. The second kappa shape index (κ2) is 5.12. The molecule has 1 amide bonds. The van der Waals surface area contributed by atoms with E-state index in [2.05, 4.69) is 5.32 Å². The van der Waals surface area contributed by atoms with E-state index < -0.39 is 8.80 Å². The van der Waals surface area contributed by atoms with Crippen LogP contribution in [0, 0.1) is 0 Å². The molecule has 62 valence electrons. The van der Waals surface area contributed by atoms with Crippen LogP contribution < -0.4 is 5.32 Å². The van der Waals surface area contributed by atoms with Crippen LogP contribution in [-0.4, -0.2) is 19.9 Å². The van der Waals surface area contributed by atoms with Crippen LogP contribution in [0.4, 0.5) is 4.79 Å². The molecule has 2 nitrogen and oxygen atoms in total. The summed E-state index contributed by atoms with van der Waals surface area (Å²) in [5.74, 6) is 0. The van der Waals surface area contributed by atoms with E-state index in [9.17, 15) is 4.79 Å². The third kappa shape index (κ3) is 8.31. The van der Waals surface area contributed by atoms with Gasteiger partial charge in [-0.15, -0.1) is 0 Å². The smallest absolute Gasteiger partial charge is 0.356 e. The second-order valence-electron chi connectivity index (χ2n) is 3.89. The number of nitrogens with one attached hydrogen (secondary N) is 1. The summed E-state index contributed by atoms with van der Waals surface area (Å²) >= 11 is 0. The van der Waals surface area contributed by atoms with Gasteiger partial charge in [0, 0.05) is 5.54 Å². The number of hydrogen-bond donors (Lipinski definition) is 1. The molecule has 4 heteroatoms. The Balaban J connectivity index is 0. The van der Waals surface area contributed by atoms with Crippen molar-refractivity contribution in [3.8, 4) is 0 Å². The van der Waals surface area contributed by atoms with Crippen LogP contribution in [0.5, 0.6) is 0 Å². The van der Waals surface area contributed by atoms with Crippen LogP contribution in [0.15, 0.2) is 0 Å². The van der Waals surface area contributed by atoms with Gasteiger partial charge in [-0.05, 0) is 20.8 Å². The molecule has 11 heavy (non-hydrogen) atoms. The minimum Gasteiger partial charge on any atom is -0.356 e. The van der Waals surface area contributed by atoms with Crippen molar-refractivity contribution >= 4 is 14.3 Å². The summed E-state index contributed by atoms with van der Waals surface area (Å²) in [4.78, 5) is 11.1. The van der Waals surface area contributed by atoms with Crippen molar-refractivity contribution < 1.29 is 26.5 Å². The monoisotopic (exact) mass is 207 g/mol. The Hall–Kier alpha value is 0.401. The molecule has 1 N–H and O–H groups in total. The zero-order chi connectivity index (χ0) is 8.36. The van der Waals surface area contributed by atoms with Gasteiger partial charge in [-0.25, -0.2) is 0 Å². The van der Waals surface area contributed by atoms with Crippen molar-refractivity contribution in [1.29, 1.82) is 0 Å². The minimum absolute atomic E-state index is 0. The Morgan fingerprint density at radius 3 is 1.73 bits per heavy atom. The Morgan fingerprint density at radius 2 is 1.64 bits per heavy atom. The molecular weight excluding hydrogens is 190 g/mol. The number of rotatable bonds is 1. The average molecular weight is 207 g/mol. The van der Waals surface area contributed by atoms with Crippen molar-refractivity contribution in [3.05, 3.63) is 0 Å². The zero-order valence-electron chi connectivity index (χ0n) is 7.99. The predicted octanol–water partition coefficient (Wildman–Crippen LogP) is 1.56. The molecule has 0 atom stereocenters. The van der Waals surface area contributed by atoms with E-state index in [0.717, 1.165) is 0 Å². The summed E-state index contributed by atoms with van der Waals surface area (Å²) in [6.07, 6.45) is 0. The van der Waals surface area contributed by atoms with Crippen molar-refractivity contribution in [2.45, 2.75) is 39.4 Å². The molecule has 0 bridgehead atoms. The van der Waals surface area contributed by atoms with Gasteiger partial charge in [-0.3, -0.25) is 4.79 Å². The third-order valence-electron chi connectivity index (χ3n) is 1.02. The van der Waals surface area contributed by atoms with E-state index in [-0.39, 0.29) is 32.8 Å². The van der Waals surface area contributed by atoms with E-state index in [0.29, 0.717) is 0 Å². The summed E-state index contributed by atoms with van der Waals surface area (Å²) in [5, 5.41) is 2.94. The molecular formula is C7H17NOSiTi+2. The van der Waals surface area contributed by atoms with Gasteiger partial charge in [-0.2, -0.15) is 0 Å². The van der Waals surface area contributed by atoms with Crippen LogP contribution in [0.3, 0.4) is 0 Å². The number of amides is 1. The minimum atomic E-state index is -1.11. The van der Waals surface area contributed by atoms with Gasteiger partial charge in [0.2, 0.25) is 0 Å². The number of hydrogen-bond acceptors (Lipinski definition) is 1. The molecule has 0 aliphatic rings. The van der Waals surface area contributed by atoms with Crippen molar-refractivity contribution in [1.82, 2.24) is 5.32 Å². The molecule has 0 saturated heterocycles. The molecule has 0 fully saturated rings. The summed E-state index contributed by atoms with van der Waals surface area (Å²) in [6.45, 7) is 10.1. The maximum Gasteiger partial charge on any atom is 2.00 e. The third-order valence-corrected chi connectivity index (χ3v) is 2.22. The first-order chi connectivity index (χ1) is 4.33. The summed E-state index contributed by atoms with van der Waals surface area (Å²) in [6, 6.07) is 0. The molecule has 0 aromatic rings. The van der Waals surface area contributed by atoms with Crippen LogP contribution in [0.2, 0.25) is 13.1 Å². The van der Waals surface area contributed by atoms with Crippen molar-refractivity contribution in [2.24, 2.45) is 0 Å². The zero-order valence-corrected chi connectivity index (χ0v) is 10.7. The van der Waals surface area contributed by atoms with Gasteiger partial charge in [0.1, 0.15) is 8.80 Å². The largest absolute Gasteiger partial charge is 2.00 e. The van der Waals surface area contributed by atoms with Gasteiger partial charge < -0.3 is 5.32 Å².